The van der Waals surface area contributed by atoms with Gasteiger partial charge in [0.2, 0.25) is 6.10 Å². The number of anilines is 1. The smallest absolute Gasteiger partial charge is 0.267 e. The van der Waals surface area contributed by atoms with E-state index in [-0.39, 0.29) is 5.91 Å². The van der Waals surface area contributed by atoms with Gasteiger partial charge in [0.05, 0.1) is 13.3 Å². The summed E-state index contributed by atoms with van der Waals surface area (Å²) < 4.78 is 5.21. The van der Waals surface area contributed by atoms with Gasteiger partial charge in [0.1, 0.15) is 5.75 Å². The Morgan fingerprint density at radius 3 is 2.74 bits per heavy atom. The molecule has 0 aliphatic heterocycles. The van der Waals surface area contributed by atoms with Gasteiger partial charge in [-0.15, -0.1) is 0 Å². The predicted molar refractivity (Wildman–Crippen MR) is 90.9 cm³/mol. The fraction of sp³-hybridized carbons (Fsp3) is 0.222. The Kier molecular flexibility index (Phi) is 5.74. The molecule has 2 aromatic rings. The number of hydrogen-bond acceptors (Lipinski definition) is 4. The van der Waals surface area contributed by atoms with Crippen LogP contribution in [0.5, 0.6) is 5.75 Å². The molecule has 0 bridgehead atoms. The van der Waals surface area contributed by atoms with Crippen LogP contribution in [0.25, 0.3) is 0 Å². The van der Waals surface area contributed by atoms with E-state index in [1.807, 2.05) is 55.5 Å². The molecule has 1 atom stereocenters. The summed E-state index contributed by atoms with van der Waals surface area (Å²) in [7, 11) is 1.59. The third-order valence-corrected chi connectivity index (χ3v) is 3.20. The molecule has 5 heteroatoms. The Bertz CT molecular complexity index is 698. The number of carbonyl (C=O) groups is 1. The van der Waals surface area contributed by atoms with E-state index in [0.29, 0.717) is 5.75 Å². The van der Waals surface area contributed by atoms with Crippen molar-refractivity contribution in [1.29, 1.82) is 0 Å². The molecule has 0 aromatic heterocycles. The van der Waals surface area contributed by atoms with Gasteiger partial charge in [-0.25, -0.2) is 0 Å². The van der Waals surface area contributed by atoms with Crippen molar-refractivity contribution in [3.05, 3.63) is 59.7 Å². The third-order valence-electron chi connectivity index (χ3n) is 3.20. The van der Waals surface area contributed by atoms with E-state index >= 15 is 0 Å². The number of methoxy groups -OCH3 is 1. The SMILES string of the molecule is COc1ccccc1/C=N\O[C@@H](C)C(=O)Nc1cccc(C)c1. The summed E-state index contributed by atoms with van der Waals surface area (Å²) in [6.07, 6.45) is 0.816. The van der Waals surface area contributed by atoms with E-state index in [0.717, 1.165) is 16.8 Å². The normalized spacial score (nSPS) is 12.0. The molecule has 2 rings (SSSR count). The number of ether oxygens (including phenoxy) is 1. The van der Waals surface area contributed by atoms with Gasteiger partial charge in [-0.1, -0.05) is 29.4 Å². The second-order valence-corrected chi connectivity index (χ2v) is 5.08. The van der Waals surface area contributed by atoms with Gasteiger partial charge >= 0.3 is 0 Å². The van der Waals surface area contributed by atoms with Crippen LogP contribution in [-0.2, 0) is 9.63 Å². The van der Waals surface area contributed by atoms with Crippen molar-refractivity contribution < 1.29 is 14.4 Å². The van der Waals surface area contributed by atoms with Crippen LogP contribution in [0.2, 0.25) is 0 Å². The molecular formula is C18H20N2O3. The van der Waals surface area contributed by atoms with Gasteiger partial charge in [-0.05, 0) is 43.7 Å². The molecule has 23 heavy (non-hydrogen) atoms. The highest BCUT2D eigenvalue weighted by atomic mass is 16.6. The maximum Gasteiger partial charge on any atom is 0.267 e. The van der Waals surface area contributed by atoms with Gasteiger partial charge in [-0.2, -0.15) is 0 Å². The van der Waals surface area contributed by atoms with Crippen LogP contribution in [0, 0.1) is 6.92 Å². The second kappa shape index (κ2) is 7.98. The van der Waals surface area contributed by atoms with Crippen LogP contribution in [0.4, 0.5) is 5.69 Å². The molecule has 5 nitrogen and oxygen atoms in total. The van der Waals surface area contributed by atoms with Crippen LogP contribution in [-0.4, -0.2) is 25.3 Å². The molecule has 2 aromatic carbocycles. The molecule has 0 heterocycles. The Hall–Kier alpha value is -2.82. The van der Waals surface area contributed by atoms with Crippen LogP contribution in [0.15, 0.2) is 53.7 Å². The van der Waals surface area contributed by atoms with Crippen molar-refractivity contribution in [2.24, 2.45) is 5.16 Å². The summed E-state index contributed by atoms with van der Waals surface area (Å²) in [4.78, 5) is 17.3. The molecule has 0 unspecified atom stereocenters. The lowest BCUT2D eigenvalue weighted by atomic mass is 10.2. The molecule has 120 valence electrons. The molecule has 1 amide bonds. The maximum absolute atomic E-state index is 12.1. The van der Waals surface area contributed by atoms with Crippen LogP contribution >= 0.6 is 0 Å². The number of nitrogens with zero attached hydrogens (tertiary/aromatic N) is 1. The number of benzene rings is 2. The van der Waals surface area contributed by atoms with Crippen molar-refractivity contribution in [2.45, 2.75) is 20.0 Å². The highest BCUT2D eigenvalue weighted by molar-refractivity contribution is 5.94. The highest BCUT2D eigenvalue weighted by Gasteiger charge is 2.14. The number of aryl methyl sites for hydroxylation is 1. The molecule has 0 aliphatic rings. The number of nitrogens with one attached hydrogen (secondary N) is 1. The van der Waals surface area contributed by atoms with E-state index in [2.05, 4.69) is 10.5 Å². The first-order valence-corrected chi connectivity index (χ1v) is 7.30. The van der Waals surface area contributed by atoms with E-state index < -0.39 is 6.10 Å². The fourth-order valence-corrected chi connectivity index (χ4v) is 1.97. The van der Waals surface area contributed by atoms with Crippen LogP contribution < -0.4 is 10.1 Å². The average Bonchev–Trinajstić information content (AvgIpc) is 2.55. The van der Waals surface area contributed by atoms with Crippen molar-refractivity contribution >= 4 is 17.8 Å². The highest BCUT2D eigenvalue weighted by Crippen LogP contribution is 2.15. The molecule has 0 saturated heterocycles. The zero-order valence-corrected chi connectivity index (χ0v) is 13.4. The minimum absolute atomic E-state index is 0.257. The van der Waals surface area contributed by atoms with E-state index in [1.165, 1.54) is 6.21 Å². The quantitative estimate of drug-likeness (QED) is 0.657. The standard InChI is InChI=1S/C18H20N2O3/c1-13-7-6-9-16(11-13)20-18(21)14(2)23-19-12-15-8-4-5-10-17(15)22-3/h4-12,14H,1-3H3,(H,20,21)/b19-12-/t14-/m0/s1. The number of carbonyl (C=O) groups excluding carboxylic acids is 1. The molecule has 0 saturated carbocycles. The predicted octanol–water partition coefficient (Wildman–Crippen LogP) is 3.38. The summed E-state index contributed by atoms with van der Waals surface area (Å²) in [6, 6.07) is 15.0. The molecule has 0 spiro atoms. The van der Waals surface area contributed by atoms with Crippen molar-refractivity contribution in [3.8, 4) is 5.75 Å². The number of hydrogen-bond donors (Lipinski definition) is 1. The largest absolute Gasteiger partial charge is 0.496 e. The van der Waals surface area contributed by atoms with Gasteiger partial charge in [0.25, 0.3) is 5.91 Å². The molecule has 0 aliphatic carbocycles. The summed E-state index contributed by atoms with van der Waals surface area (Å²) in [5.41, 5.74) is 2.59. The Morgan fingerprint density at radius 2 is 2.00 bits per heavy atom. The molecule has 0 fully saturated rings. The number of rotatable bonds is 6. The number of para-hydroxylation sites is 1. The first-order chi connectivity index (χ1) is 11.1. The summed E-state index contributed by atoms with van der Waals surface area (Å²) >= 11 is 0. The van der Waals surface area contributed by atoms with Crippen LogP contribution in [0.3, 0.4) is 0 Å². The van der Waals surface area contributed by atoms with E-state index in [4.69, 9.17) is 9.57 Å². The zero-order valence-electron chi connectivity index (χ0n) is 13.4. The lowest BCUT2D eigenvalue weighted by Gasteiger charge is -2.11. The van der Waals surface area contributed by atoms with Gasteiger partial charge < -0.3 is 14.9 Å². The Labute approximate surface area is 135 Å². The maximum atomic E-state index is 12.1. The van der Waals surface area contributed by atoms with Crippen molar-refractivity contribution in [2.75, 3.05) is 12.4 Å². The summed E-state index contributed by atoms with van der Waals surface area (Å²) in [5, 5.41) is 6.66. The number of amides is 1. The van der Waals surface area contributed by atoms with E-state index in [1.54, 1.807) is 14.0 Å². The fourth-order valence-electron chi connectivity index (χ4n) is 1.97. The van der Waals surface area contributed by atoms with Gasteiger partial charge in [0, 0.05) is 11.3 Å². The van der Waals surface area contributed by atoms with E-state index in [9.17, 15) is 4.79 Å². The first kappa shape index (κ1) is 16.5. The lowest BCUT2D eigenvalue weighted by molar-refractivity contribution is -0.126. The molecule has 0 radical (unpaired) electrons. The number of oxime groups is 1. The molecular weight excluding hydrogens is 292 g/mol. The topological polar surface area (TPSA) is 59.9 Å². The Balaban J connectivity index is 1.92. The first-order valence-electron chi connectivity index (χ1n) is 7.30. The lowest BCUT2D eigenvalue weighted by Crippen LogP contribution is -2.26. The second-order valence-electron chi connectivity index (χ2n) is 5.08. The average molecular weight is 312 g/mol. The van der Waals surface area contributed by atoms with Crippen molar-refractivity contribution in [3.63, 3.8) is 0 Å². The monoisotopic (exact) mass is 312 g/mol. The summed E-state index contributed by atoms with van der Waals surface area (Å²) in [6.45, 7) is 3.61. The zero-order chi connectivity index (χ0) is 16.7. The van der Waals surface area contributed by atoms with Crippen molar-refractivity contribution in [1.82, 2.24) is 0 Å². The summed E-state index contributed by atoms with van der Waals surface area (Å²) in [5.74, 6) is 0.435. The van der Waals surface area contributed by atoms with Gasteiger partial charge in [0.15, 0.2) is 0 Å². The van der Waals surface area contributed by atoms with Gasteiger partial charge in [-0.3, -0.25) is 4.79 Å². The minimum atomic E-state index is -0.707. The third kappa shape index (κ3) is 4.85. The minimum Gasteiger partial charge on any atom is -0.496 e. The Morgan fingerprint density at radius 1 is 1.22 bits per heavy atom. The molecule has 1 N–H and O–H groups in total. The van der Waals surface area contributed by atoms with Crippen LogP contribution in [0.1, 0.15) is 18.1 Å².